The van der Waals surface area contributed by atoms with Gasteiger partial charge in [0.05, 0.1) is 0 Å². The molecule has 0 unspecified atom stereocenters. The van der Waals surface area contributed by atoms with Gasteiger partial charge in [0, 0.05) is 5.39 Å². The first-order valence-electron chi connectivity index (χ1n) is 10.1. The lowest BCUT2D eigenvalue weighted by Gasteiger charge is -2.18. The lowest BCUT2D eigenvalue weighted by Crippen LogP contribution is -2.20. The number of aromatic hydroxyl groups is 2. The van der Waals surface area contributed by atoms with Gasteiger partial charge in [-0.05, 0) is 35.3 Å². The molecule has 0 aliphatic carbocycles. The van der Waals surface area contributed by atoms with Crippen molar-refractivity contribution in [2.75, 3.05) is 0 Å². The molecule has 2 N–H and O–H groups in total. The first-order chi connectivity index (χ1) is 15.2. The molecule has 2 nitrogen and oxygen atoms in total. The minimum absolute atomic E-state index is 0.0481. The smallest absolute Gasteiger partial charge is 0.165 e. The quantitative estimate of drug-likeness (QED) is 0.289. The Balaban J connectivity index is 0.000000166. The molecule has 0 atom stereocenters. The van der Waals surface area contributed by atoms with Gasteiger partial charge in [-0.3, -0.25) is 0 Å². The molecule has 5 aromatic rings. The highest BCUT2D eigenvalue weighted by atomic mass is 31.1. The average molecular weight is 422 g/mol. The summed E-state index contributed by atoms with van der Waals surface area (Å²) in [5.41, 5.74) is 0. The largest absolute Gasteiger partial charge is 0.504 e. The first kappa shape index (κ1) is 20.7. The second kappa shape index (κ2) is 9.93. The van der Waals surface area contributed by atoms with Crippen LogP contribution in [0.15, 0.2) is 127 Å². The van der Waals surface area contributed by atoms with Crippen LogP contribution in [-0.4, -0.2) is 10.2 Å². The molecule has 0 amide bonds. The maximum atomic E-state index is 9.41. The van der Waals surface area contributed by atoms with Crippen LogP contribution >= 0.6 is 7.92 Å². The van der Waals surface area contributed by atoms with Gasteiger partial charge in [-0.25, -0.2) is 0 Å². The van der Waals surface area contributed by atoms with Crippen LogP contribution in [0.25, 0.3) is 10.8 Å². The summed E-state index contributed by atoms with van der Waals surface area (Å²) < 4.78 is 0. The number of hydrogen-bond donors (Lipinski definition) is 2. The van der Waals surface area contributed by atoms with Crippen LogP contribution in [0.1, 0.15) is 0 Å². The van der Waals surface area contributed by atoms with E-state index in [9.17, 15) is 5.11 Å². The molecule has 5 rings (SSSR count). The number of benzene rings is 5. The van der Waals surface area contributed by atoms with Crippen LogP contribution in [-0.2, 0) is 0 Å². The van der Waals surface area contributed by atoms with Crippen molar-refractivity contribution in [2.24, 2.45) is 0 Å². The van der Waals surface area contributed by atoms with Crippen LogP contribution in [0.2, 0.25) is 0 Å². The molecule has 0 fully saturated rings. The Bertz CT molecular complexity index is 1150. The Hall–Kier alpha value is -3.61. The SMILES string of the molecule is Oc1ccc2ccccc2c1O.c1ccc(P(c2ccccc2)c2ccccc2)cc1. The molecule has 0 saturated heterocycles. The number of hydrogen-bond acceptors (Lipinski definition) is 2. The molecule has 0 spiro atoms. The predicted octanol–water partition coefficient (Wildman–Crippen LogP) is 5.70. The topological polar surface area (TPSA) is 40.5 Å². The Morgan fingerprint density at radius 3 is 1.32 bits per heavy atom. The number of rotatable bonds is 3. The van der Waals surface area contributed by atoms with Crippen molar-refractivity contribution in [2.45, 2.75) is 0 Å². The second-order valence-corrected chi connectivity index (χ2v) is 9.22. The van der Waals surface area contributed by atoms with E-state index in [0.29, 0.717) is 5.39 Å². The number of fused-ring (bicyclic) bond motifs is 1. The molecule has 0 aromatic heterocycles. The van der Waals surface area contributed by atoms with Crippen molar-refractivity contribution in [3.05, 3.63) is 127 Å². The monoisotopic (exact) mass is 422 g/mol. The van der Waals surface area contributed by atoms with Gasteiger partial charge in [-0.2, -0.15) is 0 Å². The normalized spacial score (nSPS) is 10.5. The van der Waals surface area contributed by atoms with E-state index in [4.69, 9.17) is 5.11 Å². The van der Waals surface area contributed by atoms with Crippen LogP contribution in [0, 0.1) is 0 Å². The third kappa shape index (κ3) is 4.94. The van der Waals surface area contributed by atoms with Gasteiger partial charge in [-0.15, -0.1) is 0 Å². The van der Waals surface area contributed by atoms with Gasteiger partial charge in [0.2, 0.25) is 0 Å². The maximum Gasteiger partial charge on any atom is 0.165 e. The van der Waals surface area contributed by atoms with Gasteiger partial charge in [0.15, 0.2) is 11.5 Å². The maximum absolute atomic E-state index is 9.41. The molecule has 5 aromatic carbocycles. The van der Waals surface area contributed by atoms with Crippen molar-refractivity contribution in [3.63, 3.8) is 0 Å². The highest BCUT2D eigenvalue weighted by Gasteiger charge is 2.15. The molecule has 31 heavy (non-hydrogen) atoms. The minimum Gasteiger partial charge on any atom is -0.504 e. The highest BCUT2D eigenvalue weighted by Crippen LogP contribution is 2.33. The molecule has 0 saturated carbocycles. The van der Waals surface area contributed by atoms with Crippen LogP contribution in [0.3, 0.4) is 0 Å². The summed E-state index contributed by atoms with van der Waals surface area (Å²) in [5.74, 6) is -0.123. The molecular formula is C28H23O2P. The Labute approximate surface area is 183 Å². The molecule has 0 aliphatic heterocycles. The van der Waals surface area contributed by atoms with Crippen LogP contribution in [0.4, 0.5) is 0 Å². The van der Waals surface area contributed by atoms with E-state index in [1.54, 1.807) is 12.1 Å². The predicted molar refractivity (Wildman–Crippen MR) is 132 cm³/mol. The van der Waals surface area contributed by atoms with Crippen molar-refractivity contribution in [3.8, 4) is 11.5 Å². The third-order valence-corrected chi connectivity index (χ3v) is 7.37. The zero-order valence-corrected chi connectivity index (χ0v) is 17.9. The van der Waals surface area contributed by atoms with E-state index >= 15 is 0 Å². The van der Waals surface area contributed by atoms with Crippen molar-refractivity contribution in [1.82, 2.24) is 0 Å². The second-order valence-electron chi connectivity index (χ2n) is 7.00. The summed E-state index contributed by atoms with van der Waals surface area (Å²) in [5, 5.41) is 24.4. The molecule has 152 valence electrons. The summed E-state index contributed by atoms with van der Waals surface area (Å²) in [6.45, 7) is 0. The molecule has 0 aliphatic rings. The Morgan fingerprint density at radius 2 is 0.839 bits per heavy atom. The number of phenols is 2. The van der Waals surface area contributed by atoms with Gasteiger partial charge in [0.25, 0.3) is 0 Å². The molecule has 3 heteroatoms. The Morgan fingerprint density at radius 1 is 0.419 bits per heavy atom. The van der Waals surface area contributed by atoms with E-state index in [-0.39, 0.29) is 11.5 Å². The fourth-order valence-corrected chi connectivity index (χ4v) is 5.73. The van der Waals surface area contributed by atoms with Gasteiger partial charge in [0.1, 0.15) is 0 Å². The lowest BCUT2D eigenvalue weighted by atomic mass is 10.1. The fourth-order valence-electron chi connectivity index (χ4n) is 3.42. The van der Waals surface area contributed by atoms with Crippen molar-refractivity contribution in [1.29, 1.82) is 0 Å². The van der Waals surface area contributed by atoms with Crippen molar-refractivity contribution >= 4 is 34.6 Å². The Kier molecular flexibility index (Phi) is 6.62. The van der Waals surface area contributed by atoms with E-state index in [0.717, 1.165) is 5.39 Å². The molecule has 0 radical (unpaired) electrons. The summed E-state index contributed by atoms with van der Waals surface area (Å²) in [6.07, 6.45) is 0. The third-order valence-electron chi connectivity index (χ3n) is 4.92. The van der Waals surface area contributed by atoms with E-state index in [1.165, 1.54) is 22.0 Å². The van der Waals surface area contributed by atoms with Crippen LogP contribution < -0.4 is 15.9 Å². The summed E-state index contributed by atoms with van der Waals surface area (Å²) in [7, 11) is -0.446. The standard InChI is InChI=1S/C18H15P.C10H8O2/c1-4-10-16(11-5-1)19(17-12-6-2-7-13-17)18-14-8-3-9-15-18;11-9-6-5-7-3-1-2-4-8(7)10(9)12/h1-15H;1-6,11-12H. The molecule has 0 bridgehead atoms. The summed E-state index contributed by atoms with van der Waals surface area (Å²) in [6, 6.07) is 42.9. The van der Waals surface area contributed by atoms with Crippen LogP contribution in [0.5, 0.6) is 11.5 Å². The van der Waals surface area contributed by atoms with Crippen molar-refractivity contribution < 1.29 is 10.2 Å². The van der Waals surface area contributed by atoms with E-state index in [1.807, 2.05) is 18.2 Å². The lowest BCUT2D eigenvalue weighted by molar-refractivity contribution is 0.408. The summed E-state index contributed by atoms with van der Waals surface area (Å²) in [4.78, 5) is 0. The van der Waals surface area contributed by atoms with Gasteiger partial charge >= 0.3 is 0 Å². The highest BCUT2D eigenvalue weighted by molar-refractivity contribution is 7.79. The molecular weight excluding hydrogens is 399 g/mol. The zero-order valence-electron chi connectivity index (χ0n) is 17.0. The molecule has 0 heterocycles. The zero-order chi connectivity index (χ0) is 21.5. The van der Waals surface area contributed by atoms with E-state index in [2.05, 4.69) is 91.0 Å². The first-order valence-corrected chi connectivity index (χ1v) is 11.4. The van der Waals surface area contributed by atoms with Gasteiger partial charge in [-0.1, -0.05) is 121 Å². The fraction of sp³-hybridized carbons (Fsp3) is 0. The van der Waals surface area contributed by atoms with Gasteiger partial charge < -0.3 is 10.2 Å². The minimum atomic E-state index is -0.446. The van der Waals surface area contributed by atoms with E-state index < -0.39 is 7.92 Å². The number of phenolic OH excluding ortho intramolecular Hbond substituents is 2. The average Bonchev–Trinajstić information content (AvgIpc) is 2.84. The summed E-state index contributed by atoms with van der Waals surface area (Å²) >= 11 is 0.